The number of carbonyl (C=O) groups excluding carboxylic acids is 1. The summed E-state index contributed by atoms with van der Waals surface area (Å²) in [6, 6.07) is 14.5. The van der Waals surface area contributed by atoms with Crippen molar-refractivity contribution in [1.82, 2.24) is 5.32 Å². The predicted octanol–water partition coefficient (Wildman–Crippen LogP) is 3.21. The fraction of sp³-hybridized carbons (Fsp3) is 0.389. The summed E-state index contributed by atoms with van der Waals surface area (Å²) < 4.78 is 0. The van der Waals surface area contributed by atoms with Crippen molar-refractivity contribution in [2.45, 2.75) is 30.3 Å². The van der Waals surface area contributed by atoms with E-state index in [-0.39, 0.29) is 17.9 Å². The van der Waals surface area contributed by atoms with Gasteiger partial charge in [0.2, 0.25) is 5.91 Å². The summed E-state index contributed by atoms with van der Waals surface area (Å²) in [5, 5.41) is 15.1. The molecule has 0 aromatic heterocycles. The molecule has 0 aliphatic heterocycles. The topological polar surface area (TPSA) is 49.3 Å². The van der Waals surface area contributed by atoms with Crippen LogP contribution in [0.4, 0.5) is 0 Å². The molecule has 0 saturated heterocycles. The van der Waals surface area contributed by atoms with Crippen molar-refractivity contribution in [1.29, 1.82) is 0 Å². The number of amides is 1. The smallest absolute Gasteiger partial charge is 0.230 e. The monoisotopic (exact) mass is 315 g/mol. The maximum Gasteiger partial charge on any atom is 0.230 e. The van der Waals surface area contributed by atoms with Crippen molar-refractivity contribution in [2.24, 2.45) is 5.92 Å². The van der Waals surface area contributed by atoms with E-state index in [1.807, 2.05) is 12.1 Å². The molecule has 3 nitrogen and oxygen atoms in total. The van der Waals surface area contributed by atoms with Crippen LogP contribution in [0.5, 0.6) is 0 Å². The molecule has 2 aromatic rings. The van der Waals surface area contributed by atoms with Gasteiger partial charge in [0.05, 0.1) is 11.9 Å². The number of benzene rings is 2. The Bertz CT molecular complexity index is 658. The Balaban J connectivity index is 1.49. The second-order valence-corrected chi connectivity index (χ2v) is 6.91. The van der Waals surface area contributed by atoms with Gasteiger partial charge in [-0.25, -0.2) is 0 Å². The molecule has 1 fully saturated rings. The standard InChI is InChI=1S/C18H21NO2S/c20-17-7-3-6-15(17)11-19-18(21)12-22-16-9-8-13-4-1-2-5-14(13)10-16/h1-2,4-5,8-10,15,17,20H,3,6-7,11-12H2,(H,19,21). The van der Waals surface area contributed by atoms with Crippen molar-refractivity contribution in [3.05, 3.63) is 42.5 Å². The number of hydrogen-bond acceptors (Lipinski definition) is 3. The molecule has 1 saturated carbocycles. The molecule has 0 bridgehead atoms. The third-order valence-electron chi connectivity index (χ3n) is 4.27. The Morgan fingerprint density at radius 3 is 2.77 bits per heavy atom. The summed E-state index contributed by atoms with van der Waals surface area (Å²) in [6.07, 6.45) is 2.70. The van der Waals surface area contributed by atoms with Crippen LogP contribution in [0, 0.1) is 5.92 Å². The predicted molar refractivity (Wildman–Crippen MR) is 91.0 cm³/mol. The van der Waals surface area contributed by atoms with Crippen molar-refractivity contribution in [3.63, 3.8) is 0 Å². The van der Waals surface area contributed by atoms with Gasteiger partial charge in [0.15, 0.2) is 0 Å². The van der Waals surface area contributed by atoms with Crippen LogP contribution < -0.4 is 5.32 Å². The van der Waals surface area contributed by atoms with Gasteiger partial charge in [0.25, 0.3) is 0 Å². The van der Waals surface area contributed by atoms with Gasteiger partial charge in [-0.05, 0) is 35.7 Å². The van der Waals surface area contributed by atoms with Gasteiger partial charge in [-0.3, -0.25) is 4.79 Å². The van der Waals surface area contributed by atoms with Gasteiger partial charge in [-0.2, -0.15) is 0 Å². The Morgan fingerprint density at radius 1 is 1.18 bits per heavy atom. The summed E-state index contributed by atoms with van der Waals surface area (Å²) >= 11 is 1.55. The van der Waals surface area contributed by atoms with Crippen LogP contribution >= 0.6 is 11.8 Å². The minimum Gasteiger partial charge on any atom is -0.393 e. The molecule has 1 amide bonds. The lowest BCUT2D eigenvalue weighted by molar-refractivity contribution is -0.118. The first-order valence-electron chi connectivity index (χ1n) is 7.79. The molecular weight excluding hydrogens is 294 g/mol. The maximum absolute atomic E-state index is 11.9. The highest BCUT2D eigenvalue weighted by Gasteiger charge is 2.25. The molecule has 0 heterocycles. The van der Waals surface area contributed by atoms with Gasteiger partial charge < -0.3 is 10.4 Å². The van der Waals surface area contributed by atoms with Crippen molar-refractivity contribution in [2.75, 3.05) is 12.3 Å². The maximum atomic E-state index is 11.9. The number of fused-ring (bicyclic) bond motifs is 1. The average Bonchev–Trinajstić information content (AvgIpc) is 2.96. The number of rotatable bonds is 5. The second-order valence-electron chi connectivity index (χ2n) is 5.86. The molecular formula is C18H21NO2S. The Hall–Kier alpha value is -1.52. The van der Waals surface area contributed by atoms with Crippen LogP contribution in [0.2, 0.25) is 0 Å². The Labute approximate surface area is 135 Å². The minimum atomic E-state index is -0.242. The second kappa shape index (κ2) is 7.16. The Kier molecular flexibility index (Phi) is 5.01. The number of thioether (sulfide) groups is 1. The molecule has 116 valence electrons. The van der Waals surface area contributed by atoms with E-state index in [0.717, 1.165) is 24.2 Å². The van der Waals surface area contributed by atoms with Gasteiger partial charge in [0.1, 0.15) is 0 Å². The Morgan fingerprint density at radius 2 is 2.00 bits per heavy atom. The molecule has 4 heteroatoms. The molecule has 3 rings (SSSR count). The summed E-state index contributed by atoms with van der Waals surface area (Å²) in [6.45, 7) is 0.596. The molecule has 0 spiro atoms. The number of carbonyl (C=O) groups is 1. The minimum absolute atomic E-state index is 0.0391. The van der Waals surface area contributed by atoms with Gasteiger partial charge in [-0.1, -0.05) is 36.8 Å². The summed E-state index contributed by atoms with van der Waals surface area (Å²) in [7, 11) is 0. The van der Waals surface area contributed by atoms with Crippen molar-refractivity contribution < 1.29 is 9.90 Å². The SMILES string of the molecule is O=C(CSc1ccc2ccccc2c1)NCC1CCCC1O. The van der Waals surface area contributed by atoms with E-state index < -0.39 is 0 Å². The first-order chi connectivity index (χ1) is 10.7. The first kappa shape index (κ1) is 15.4. The van der Waals surface area contributed by atoms with Crippen molar-refractivity contribution in [3.8, 4) is 0 Å². The van der Waals surface area contributed by atoms with Crippen LogP contribution in [0.15, 0.2) is 47.4 Å². The largest absolute Gasteiger partial charge is 0.393 e. The third-order valence-corrected chi connectivity index (χ3v) is 5.27. The fourth-order valence-corrected chi connectivity index (χ4v) is 3.73. The quantitative estimate of drug-likeness (QED) is 0.833. The zero-order valence-corrected chi connectivity index (χ0v) is 13.3. The number of nitrogens with one attached hydrogen (secondary N) is 1. The first-order valence-corrected chi connectivity index (χ1v) is 8.77. The zero-order chi connectivity index (χ0) is 15.4. The van der Waals surface area contributed by atoms with E-state index in [1.165, 1.54) is 10.8 Å². The molecule has 2 N–H and O–H groups in total. The summed E-state index contributed by atoms with van der Waals surface area (Å²) in [5.41, 5.74) is 0. The average molecular weight is 315 g/mol. The van der Waals surface area contributed by atoms with Crippen molar-refractivity contribution >= 4 is 28.4 Å². The lowest BCUT2D eigenvalue weighted by Crippen LogP contribution is -2.33. The summed E-state index contributed by atoms with van der Waals surface area (Å²) in [5.74, 6) is 0.688. The number of aliphatic hydroxyl groups is 1. The van der Waals surface area contributed by atoms with Crippen LogP contribution in [0.1, 0.15) is 19.3 Å². The molecule has 2 unspecified atom stereocenters. The lowest BCUT2D eigenvalue weighted by Gasteiger charge is -2.14. The lowest BCUT2D eigenvalue weighted by atomic mass is 10.1. The molecule has 2 aromatic carbocycles. The molecule has 22 heavy (non-hydrogen) atoms. The van der Waals surface area contributed by atoms with E-state index in [2.05, 4.69) is 35.6 Å². The fourth-order valence-electron chi connectivity index (χ4n) is 2.96. The number of aliphatic hydroxyl groups excluding tert-OH is 1. The van der Waals surface area contributed by atoms with Gasteiger partial charge >= 0.3 is 0 Å². The van der Waals surface area contributed by atoms with E-state index >= 15 is 0 Å². The van der Waals surface area contributed by atoms with Crippen LogP contribution in [0.3, 0.4) is 0 Å². The summed E-state index contributed by atoms with van der Waals surface area (Å²) in [4.78, 5) is 13.0. The van der Waals surface area contributed by atoms with E-state index in [0.29, 0.717) is 12.3 Å². The third kappa shape index (κ3) is 3.81. The molecule has 0 radical (unpaired) electrons. The van der Waals surface area contributed by atoms with Crippen LogP contribution in [0.25, 0.3) is 10.8 Å². The van der Waals surface area contributed by atoms with E-state index in [1.54, 1.807) is 11.8 Å². The molecule has 1 aliphatic carbocycles. The number of hydrogen-bond donors (Lipinski definition) is 2. The van der Waals surface area contributed by atoms with Gasteiger partial charge in [-0.15, -0.1) is 11.8 Å². The highest BCUT2D eigenvalue weighted by atomic mass is 32.2. The highest BCUT2D eigenvalue weighted by molar-refractivity contribution is 8.00. The normalized spacial score (nSPS) is 21.1. The zero-order valence-electron chi connectivity index (χ0n) is 12.5. The highest BCUT2D eigenvalue weighted by Crippen LogP contribution is 2.25. The van der Waals surface area contributed by atoms with Crippen LogP contribution in [-0.2, 0) is 4.79 Å². The molecule has 2 atom stereocenters. The van der Waals surface area contributed by atoms with E-state index in [9.17, 15) is 9.90 Å². The molecule has 1 aliphatic rings. The van der Waals surface area contributed by atoms with Crippen LogP contribution in [-0.4, -0.2) is 29.4 Å². The van der Waals surface area contributed by atoms with Gasteiger partial charge in [0, 0.05) is 17.4 Å². The van der Waals surface area contributed by atoms with E-state index in [4.69, 9.17) is 0 Å².